The second-order valence-electron chi connectivity index (χ2n) is 4.58. The average molecular weight is 255 g/mol. The van der Waals surface area contributed by atoms with Gasteiger partial charge >= 0.3 is 0 Å². The molecule has 2 heteroatoms. The van der Waals surface area contributed by atoms with Gasteiger partial charge in [0.15, 0.2) is 0 Å². The Morgan fingerprint density at radius 3 is 2.00 bits per heavy atom. The quantitative estimate of drug-likeness (QED) is 0.817. The smallest absolute Gasteiger partial charge is 0.0721 e. The molecule has 0 fully saturated rings. The van der Waals surface area contributed by atoms with E-state index in [1.165, 1.54) is 16.7 Å². The van der Waals surface area contributed by atoms with Gasteiger partial charge in [0.2, 0.25) is 0 Å². The first-order chi connectivity index (χ1) is 9.38. The van der Waals surface area contributed by atoms with Crippen LogP contribution >= 0.6 is 0 Å². The van der Waals surface area contributed by atoms with Crippen LogP contribution in [0.4, 0.5) is 0 Å². The Morgan fingerprint density at radius 2 is 1.37 bits per heavy atom. The number of nitrogens with one attached hydrogen (secondary N) is 1. The van der Waals surface area contributed by atoms with Crippen LogP contribution in [0.15, 0.2) is 54.6 Å². The molecule has 0 saturated heterocycles. The summed E-state index contributed by atoms with van der Waals surface area (Å²) in [7, 11) is 0. The van der Waals surface area contributed by atoms with Crippen molar-refractivity contribution in [3.05, 3.63) is 71.3 Å². The first-order valence-corrected chi connectivity index (χ1v) is 6.78. The minimum absolute atomic E-state index is 0.663. The summed E-state index contributed by atoms with van der Waals surface area (Å²) in [6.07, 6.45) is 0. The lowest BCUT2D eigenvalue weighted by Crippen LogP contribution is -2.11. The summed E-state index contributed by atoms with van der Waals surface area (Å²) < 4.78 is 5.71. The molecule has 19 heavy (non-hydrogen) atoms. The maximum Gasteiger partial charge on any atom is 0.0721 e. The highest BCUT2D eigenvalue weighted by molar-refractivity contribution is 5.22. The highest BCUT2D eigenvalue weighted by Crippen LogP contribution is 2.08. The molecule has 2 aromatic rings. The molecule has 2 nitrogen and oxygen atoms in total. The third-order valence-electron chi connectivity index (χ3n) is 2.98. The molecule has 0 unspecified atom stereocenters. The lowest BCUT2D eigenvalue weighted by molar-refractivity contribution is 0.107. The topological polar surface area (TPSA) is 21.3 Å². The van der Waals surface area contributed by atoms with Crippen LogP contribution in [0.5, 0.6) is 0 Å². The van der Waals surface area contributed by atoms with Crippen molar-refractivity contribution >= 4 is 0 Å². The lowest BCUT2D eigenvalue weighted by atomic mass is 10.1. The van der Waals surface area contributed by atoms with Crippen molar-refractivity contribution in [2.75, 3.05) is 6.54 Å². The molecule has 0 atom stereocenters. The fourth-order valence-corrected chi connectivity index (χ4v) is 1.88. The van der Waals surface area contributed by atoms with E-state index >= 15 is 0 Å². The maximum atomic E-state index is 5.71. The van der Waals surface area contributed by atoms with Gasteiger partial charge in [-0.1, -0.05) is 61.5 Å². The predicted molar refractivity (Wildman–Crippen MR) is 78.8 cm³/mol. The normalized spacial score (nSPS) is 10.6. The predicted octanol–water partition coefficient (Wildman–Crippen LogP) is 3.51. The molecule has 1 N–H and O–H groups in total. The number of ether oxygens (including phenoxy) is 1. The second-order valence-corrected chi connectivity index (χ2v) is 4.58. The van der Waals surface area contributed by atoms with Crippen molar-refractivity contribution in [2.24, 2.45) is 0 Å². The Hall–Kier alpha value is -1.64. The SMILES string of the molecule is CCNCc1ccc(COCc2ccccc2)cc1. The Bertz CT molecular complexity index is 464. The maximum absolute atomic E-state index is 5.71. The van der Waals surface area contributed by atoms with Gasteiger partial charge < -0.3 is 10.1 Å². The zero-order valence-corrected chi connectivity index (χ0v) is 11.4. The summed E-state index contributed by atoms with van der Waals surface area (Å²) in [6, 6.07) is 18.8. The van der Waals surface area contributed by atoms with Crippen LogP contribution in [-0.2, 0) is 24.5 Å². The van der Waals surface area contributed by atoms with Crippen molar-refractivity contribution < 1.29 is 4.74 Å². The molecular weight excluding hydrogens is 234 g/mol. The highest BCUT2D eigenvalue weighted by Gasteiger charge is 1.96. The Morgan fingerprint density at radius 1 is 0.789 bits per heavy atom. The fraction of sp³-hybridized carbons (Fsp3) is 0.294. The average Bonchev–Trinajstić information content (AvgIpc) is 2.47. The van der Waals surface area contributed by atoms with Gasteiger partial charge in [-0.05, 0) is 23.2 Å². The van der Waals surface area contributed by atoms with Gasteiger partial charge in [0.25, 0.3) is 0 Å². The molecule has 0 radical (unpaired) electrons. The molecule has 100 valence electrons. The van der Waals surface area contributed by atoms with Crippen molar-refractivity contribution in [1.82, 2.24) is 5.32 Å². The zero-order valence-electron chi connectivity index (χ0n) is 11.4. The van der Waals surface area contributed by atoms with Gasteiger partial charge in [0, 0.05) is 6.54 Å². The van der Waals surface area contributed by atoms with Crippen LogP contribution in [0.1, 0.15) is 23.6 Å². The van der Waals surface area contributed by atoms with E-state index in [0.717, 1.165) is 13.1 Å². The third kappa shape index (κ3) is 4.86. The number of hydrogen-bond donors (Lipinski definition) is 1. The fourth-order valence-electron chi connectivity index (χ4n) is 1.88. The first kappa shape index (κ1) is 13.8. The zero-order chi connectivity index (χ0) is 13.3. The van der Waals surface area contributed by atoms with E-state index in [2.05, 4.69) is 48.6 Å². The Kier molecular flexibility index (Phi) is 5.60. The molecule has 0 spiro atoms. The number of hydrogen-bond acceptors (Lipinski definition) is 2. The summed E-state index contributed by atoms with van der Waals surface area (Å²) in [4.78, 5) is 0. The van der Waals surface area contributed by atoms with Gasteiger partial charge in [-0.15, -0.1) is 0 Å². The molecule has 0 bridgehead atoms. The van der Waals surface area contributed by atoms with Crippen LogP contribution in [0.3, 0.4) is 0 Å². The molecule has 0 aliphatic heterocycles. The summed E-state index contributed by atoms with van der Waals surface area (Å²) in [5.74, 6) is 0. The van der Waals surface area contributed by atoms with E-state index in [4.69, 9.17) is 4.74 Å². The summed E-state index contributed by atoms with van der Waals surface area (Å²) in [5.41, 5.74) is 3.75. The van der Waals surface area contributed by atoms with Gasteiger partial charge in [-0.25, -0.2) is 0 Å². The Balaban J connectivity index is 1.77. The molecule has 0 aromatic heterocycles. The molecule has 0 amide bonds. The molecular formula is C17H21NO. The van der Waals surface area contributed by atoms with Crippen molar-refractivity contribution in [2.45, 2.75) is 26.7 Å². The molecule has 0 aliphatic rings. The first-order valence-electron chi connectivity index (χ1n) is 6.78. The molecule has 2 aromatic carbocycles. The lowest BCUT2D eigenvalue weighted by Gasteiger charge is -2.06. The second kappa shape index (κ2) is 7.72. The van der Waals surface area contributed by atoms with Crippen LogP contribution in [0, 0.1) is 0 Å². The summed E-state index contributed by atoms with van der Waals surface area (Å²) in [6.45, 7) is 5.38. The summed E-state index contributed by atoms with van der Waals surface area (Å²) in [5, 5.41) is 3.32. The largest absolute Gasteiger partial charge is 0.372 e. The van der Waals surface area contributed by atoms with Crippen molar-refractivity contribution in [3.63, 3.8) is 0 Å². The minimum atomic E-state index is 0.663. The minimum Gasteiger partial charge on any atom is -0.372 e. The van der Waals surface area contributed by atoms with Crippen molar-refractivity contribution in [3.8, 4) is 0 Å². The van der Waals surface area contributed by atoms with E-state index in [9.17, 15) is 0 Å². The van der Waals surface area contributed by atoms with Crippen LogP contribution in [0.2, 0.25) is 0 Å². The summed E-state index contributed by atoms with van der Waals surface area (Å²) >= 11 is 0. The van der Waals surface area contributed by atoms with E-state index < -0.39 is 0 Å². The number of rotatable bonds is 7. The van der Waals surface area contributed by atoms with Gasteiger partial charge in [-0.2, -0.15) is 0 Å². The number of benzene rings is 2. The third-order valence-corrected chi connectivity index (χ3v) is 2.98. The molecule has 0 saturated carbocycles. The van der Waals surface area contributed by atoms with Gasteiger partial charge in [0.1, 0.15) is 0 Å². The van der Waals surface area contributed by atoms with Crippen molar-refractivity contribution in [1.29, 1.82) is 0 Å². The van der Waals surface area contributed by atoms with E-state index in [0.29, 0.717) is 13.2 Å². The van der Waals surface area contributed by atoms with E-state index in [1.54, 1.807) is 0 Å². The highest BCUT2D eigenvalue weighted by atomic mass is 16.5. The monoisotopic (exact) mass is 255 g/mol. The van der Waals surface area contributed by atoms with Gasteiger partial charge in [-0.3, -0.25) is 0 Å². The van der Waals surface area contributed by atoms with Crippen LogP contribution in [-0.4, -0.2) is 6.54 Å². The molecule has 0 heterocycles. The molecule has 0 aliphatic carbocycles. The van der Waals surface area contributed by atoms with Crippen LogP contribution in [0.25, 0.3) is 0 Å². The van der Waals surface area contributed by atoms with E-state index in [1.807, 2.05) is 18.2 Å². The Labute approximate surface area is 115 Å². The molecule has 2 rings (SSSR count). The van der Waals surface area contributed by atoms with Gasteiger partial charge in [0.05, 0.1) is 13.2 Å². The van der Waals surface area contributed by atoms with Crippen LogP contribution < -0.4 is 5.32 Å². The van der Waals surface area contributed by atoms with E-state index in [-0.39, 0.29) is 0 Å². The standard InChI is InChI=1S/C17H21NO/c1-2-18-12-15-8-10-17(11-9-15)14-19-13-16-6-4-3-5-7-16/h3-11,18H,2,12-14H2,1H3.